The van der Waals surface area contributed by atoms with Gasteiger partial charge in [0.25, 0.3) is 5.91 Å². The van der Waals surface area contributed by atoms with Crippen molar-refractivity contribution in [1.82, 2.24) is 5.32 Å². The molecule has 0 saturated heterocycles. The van der Waals surface area contributed by atoms with E-state index < -0.39 is 11.0 Å². The standard InChI is InChI=1S/C19H24ClNO3/c1-10-8-11(2)13(12(20)9-10)14-15(19(6,7)21-16(14)22)24-17(23)18(3,4)5/h8-9H,1-7H3,(H,21,22). The summed E-state index contributed by atoms with van der Waals surface area (Å²) in [6.45, 7) is 12.8. The summed E-state index contributed by atoms with van der Waals surface area (Å²) in [4.78, 5) is 25.0. The van der Waals surface area contributed by atoms with Gasteiger partial charge in [0.05, 0.1) is 16.5 Å². The Hall–Kier alpha value is -1.81. The summed E-state index contributed by atoms with van der Waals surface area (Å²) >= 11 is 6.41. The second-order valence-corrected chi connectivity index (χ2v) is 8.27. The third kappa shape index (κ3) is 3.34. The summed E-state index contributed by atoms with van der Waals surface area (Å²) in [6.07, 6.45) is 0. The van der Waals surface area contributed by atoms with Gasteiger partial charge in [-0.25, -0.2) is 0 Å². The molecule has 0 saturated carbocycles. The quantitative estimate of drug-likeness (QED) is 0.815. The fourth-order valence-corrected chi connectivity index (χ4v) is 3.12. The molecule has 0 fully saturated rings. The largest absolute Gasteiger partial charge is 0.427 e. The fourth-order valence-electron chi connectivity index (χ4n) is 2.70. The maximum Gasteiger partial charge on any atom is 0.316 e. The van der Waals surface area contributed by atoms with Gasteiger partial charge < -0.3 is 10.1 Å². The van der Waals surface area contributed by atoms with Crippen molar-refractivity contribution in [2.75, 3.05) is 0 Å². The van der Waals surface area contributed by atoms with Gasteiger partial charge in [-0.15, -0.1) is 0 Å². The summed E-state index contributed by atoms with van der Waals surface area (Å²) in [5.74, 6) is -0.354. The average molecular weight is 350 g/mol. The van der Waals surface area contributed by atoms with E-state index in [1.54, 1.807) is 40.7 Å². The van der Waals surface area contributed by atoms with Gasteiger partial charge in [-0.2, -0.15) is 0 Å². The van der Waals surface area contributed by atoms with Crippen LogP contribution in [0, 0.1) is 19.3 Å². The zero-order valence-corrected chi connectivity index (χ0v) is 16.0. The van der Waals surface area contributed by atoms with Crippen molar-refractivity contribution < 1.29 is 14.3 Å². The summed E-state index contributed by atoms with van der Waals surface area (Å²) in [5.41, 5.74) is 1.36. The average Bonchev–Trinajstić information content (AvgIpc) is 2.58. The molecule has 0 spiro atoms. The fraction of sp³-hybridized carbons (Fsp3) is 0.474. The van der Waals surface area contributed by atoms with E-state index in [1.807, 2.05) is 19.9 Å². The van der Waals surface area contributed by atoms with E-state index in [0.29, 0.717) is 21.9 Å². The Kier molecular flexibility index (Phi) is 4.57. The Bertz CT molecular complexity index is 731. The first-order valence-electron chi connectivity index (χ1n) is 7.91. The van der Waals surface area contributed by atoms with Gasteiger partial charge in [0.2, 0.25) is 0 Å². The topological polar surface area (TPSA) is 55.4 Å². The first kappa shape index (κ1) is 18.5. The van der Waals surface area contributed by atoms with Gasteiger partial charge in [-0.3, -0.25) is 9.59 Å². The summed E-state index contributed by atoms with van der Waals surface area (Å²) < 4.78 is 5.67. The highest BCUT2D eigenvalue weighted by Crippen LogP contribution is 2.39. The van der Waals surface area contributed by atoms with Crippen LogP contribution in [0.4, 0.5) is 0 Å². The van der Waals surface area contributed by atoms with Crippen LogP contribution in [0.15, 0.2) is 17.9 Å². The van der Waals surface area contributed by atoms with Crippen molar-refractivity contribution in [3.8, 4) is 0 Å². The molecule has 0 aromatic heterocycles. The van der Waals surface area contributed by atoms with Gasteiger partial charge in [-0.05, 0) is 65.7 Å². The monoisotopic (exact) mass is 349 g/mol. The van der Waals surface area contributed by atoms with E-state index in [-0.39, 0.29) is 11.9 Å². The molecule has 1 aromatic rings. The van der Waals surface area contributed by atoms with E-state index in [1.165, 1.54) is 0 Å². The van der Waals surface area contributed by atoms with Gasteiger partial charge in [0, 0.05) is 10.6 Å². The number of esters is 1. The van der Waals surface area contributed by atoms with Gasteiger partial charge in [-0.1, -0.05) is 17.7 Å². The predicted octanol–water partition coefficient (Wildman–Crippen LogP) is 4.17. The van der Waals surface area contributed by atoms with E-state index in [0.717, 1.165) is 11.1 Å². The van der Waals surface area contributed by atoms with E-state index in [2.05, 4.69) is 5.32 Å². The molecule has 1 aliphatic heterocycles. The number of rotatable bonds is 2. The molecule has 0 aliphatic carbocycles. The minimum absolute atomic E-state index is 0.287. The van der Waals surface area contributed by atoms with E-state index >= 15 is 0 Å². The Balaban J connectivity index is 2.68. The van der Waals surface area contributed by atoms with Gasteiger partial charge >= 0.3 is 5.97 Å². The lowest BCUT2D eigenvalue weighted by atomic mass is 9.94. The van der Waals surface area contributed by atoms with E-state index in [9.17, 15) is 9.59 Å². The third-order valence-corrected chi connectivity index (χ3v) is 4.23. The molecule has 0 radical (unpaired) electrons. The van der Waals surface area contributed by atoms with Gasteiger partial charge in [0.15, 0.2) is 0 Å². The van der Waals surface area contributed by atoms with Crippen molar-refractivity contribution in [2.24, 2.45) is 5.41 Å². The highest BCUT2D eigenvalue weighted by atomic mass is 35.5. The molecule has 0 unspecified atom stereocenters. The number of amides is 1. The molecule has 24 heavy (non-hydrogen) atoms. The molecular formula is C19H24ClNO3. The second kappa shape index (κ2) is 5.92. The highest BCUT2D eigenvalue weighted by Gasteiger charge is 2.43. The summed E-state index contributed by atoms with van der Waals surface area (Å²) in [7, 11) is 0. The SMILES string of the molecule is Cc1cc(C)c(C2=C(OC(=O)C(C)(C)C)C(C)(C)NC2=O)c(Cl)c1. The molecule has 1 N–H and O–H groups in total. The van der Waals surface area contributed by atoms with Crippen LogP contribution in [-0.2, 0) is 14.3 Å². The number of halogens is 1. The van der Waals surface area contributed by atoms with Crippen LogP contribution in [0.5, 0.6) is 0 Å². The number of benzene rings is 1. The molecule has 2 rings (SSSR count). The minimum atomic E-state index is -0.784. The lowest BCUT2D eigenvalue weighted by Crippen LogP contribution is -2.40. The van der Waals surface area contributed by atoms with E-state index in [4.69, 9.17) is 16.3 Å². The zero-order valence-electron chi connectivity index (χ0n) is 15.3. The molecule has 0 bridgehead atoms. The maximum atomic E-state index is 12.6. The molecule has 4 nitrogen and oxygen atoms in total. The number of hydrogen-bond acceptors (Lipinski definition) is 3. The lowest BCUT2D eigenvalue weighted by molar-refractivity contribution is -0.149. The first-order valence-corrected chi connectivity index (χ1v) is 8.29. The first-order chi connectivity index (χ1) is 10.8. The van der Waals surface area contributed by atoms with Crippen molar-refractivity contribution in [3.63, 3.8) is 0 Å². The number of carbonyl (C=O) groups excluding carboxylic acids is 2. The Morgan fingerprint density at radius 3 is 2.29 bits per heavy atom. The van der Waals surface area contributed by atoms with Crippen molar-refractivity contribution >= 4 is 29.1 Å². The van der Waals surface area contributed by atoms with Gasteiger partial charge in [0.1, 0.15) is 5.76 Å². The normalized spacial score (nSPS) is 17.1. The van der Waals surface area contributed by atoms with Crippen LogP contribution in [0.3, 0.4) is 0 Å². The molecule has 1 aromatic carbocycles. The molecule has 0 atom stereocenters. The van der Waals surface area contributed by atoms with Crippen LogP contribution in [0.25, 0.3) is 5.57 Å². The summed E-state index contributed by atoms with van der Waals surface area (Å²) in [5, 5.41) is 3.34. The Labute approximate surface area is 148 Å². The van der Waals surface area contributed by atoms with Crippen molar-refractivity contribution in [3.05, 3.63) is 39.6 Å². The molecule has 1 heterocycles. The maximum absolute atomic E-state index is 12.6. The van der Waals surface area contributed by atoms with Crippen LogP contribution < -0.4 is 5.32 Å². The minimum Gasteiger partial charge on any atom is -0.427 e. The lowest BCUT2D eigenvalue weighted by Gasteiger charge is -2.25. The number of carbonyl (C=O) groups is 2. The predicted molar refractivity (Wildman–Crippen MR) is 95.6 cm³/mol. The number of nitrogens with one attached hydrogen (secondary N) is 1. The van der Waals surface area contributed by atoms with Crippen molar-refractivity contribution in [2.45, 2.75) is 54.0 Å². The van der Waals surface area contributed by atoms with Crippen LogP contribution in [-0.4, -0.2) is 17.4 Å². The van der Waals surface area contributed by atoms with Crippen LogP contribution in [0.1, 0.15) is 51.3 Å². The molecule has 130 valence electrons. The zero-order chi connectivity index (χ0) is 18.4. The Morgan fingerprint density at radius 1 is 1.21 bits per heavy atom. The third-order valence-electron chi connectivity index (χ3n) is 3.94. The second-order valence-electron chi connectivity index (χ2n) is 7.86. The smallest absolute Gasteiger partial charge is 0.316 e. The Morgan fingerprint density at radius 2 is 1.79 bits per heavy atom. The number of hydrogen-bond donors (Lipinski definition) is 1. The van der Waals surface area contributed by atoms with Crippen LogP contribution in [0.2, 0.25) is 5.02 Å². The van der Waals surface area contributed by atoms with Crippen LogP contribution >= 0.6 is 11.6 Å². The summed E-state index contributed by atoms with van der Waals surface area (Å²) in [6, 6.07) is 3.76. The number of aryl methyl sites for hydroxylation is 2. The molecule has 1 amide bonds. The highest BCUT2D eigenvalue weighted by molar-refractivity contribution is 6.36. The molecular weight excluding hydrogens is 326 g/mol. The molecule has 1 aliphatic rings. The molecule has 5 heteroatoms. The number of ether oxygens (including phenoxy) is 1. The van der Waals surface area contributed by atoms with Crippen molar-refractivity contribution in [1.29, 1.82) is 0 Å².